The van der Waals surface area contributed by atoms with Crippen LogP contribution in [0.5, 0.6) is 0 Å². The van der Waals surface area contributed by atoms with Gasteiger partial charge in [-0.15, -0.1) is 0 Å². The third-order valence-corrected chi connectivity index (χ3v) is 3.79. The molecule has 1 unspecified atom stereocenters. The zero-order valence-electron chi connectivity index (χ0n) is 14.2. The highest BCUT2D eigenvalue weighted by Crippen LogP contribution is 2.27. The number of benzene rings is 1. The Hall–Kier alpha value is -2.83. The predicted octanol–water partition coefficient (Wildman–Crippen LogP) is 1.38. The number of carbonyl (C=O) groups excluding carboxylic acids is 3. The zero-order valence-corrected chi connectivity index (χ0v) is 14.2. The summed E-state index contributed by atoms with van der Waals surface area (Å²) in [6.45, 7) is 3.52. The number of carbonyl (C=O) groups is 3. The molecule has 0 spiro atoms. The van der Waals surface area contributed by atoms with Gasteiger partial charge in [0.2, 0.25) is 0 Å². The average molecular weight is 347 g/mol. The van der Waals surface area contributed by atoms with Crippen molar-refractivity contribution in [1.29, 1.82) is 0 Å². The number of ether oxygens (including phenoxy) is 2. The molecule has 134 valence electrons. The smallest absolute Gasteiger partial charge is 0.340 e. The number of amides is 1. The first-order valence-electron chi connectivity index (χ1n) is 8.13. The lowest BCUT2D eigenvalue weighted by Gasteiger charge is -2.24. The summed E-state index contributed by atoms with van der Waals surface area (Å²) in [6.07, 6.45) is 0.464. The Kier molecular flexibility index (Phi) is 6.16. The number of rotatable bonds is 7. The Labute approximate surface area is 145 Å². The van der Waals surface area contributed by atoms with E-state index in [1.807, 2.05) is 30.3 Å². The lowest BCUT2D eigenvalue weighted by molar-refractivity contribution is -0.153. The van der Waals surface area contributed by atoms with Crippen LogP contribution in [0.4, 0.5) is 0 Å². The molecule has 7 heteroatoms. The molecule has 0 aliphatic carbocycles. The first-order chi connectivity index (χ1) is 12.0. The highest BCUT2D eigenvalue weighted by molar-refractivity contribution is 6.11. The van der Waals surface area contributed by atoms with E-state index in [0.717, 1.165) is 10.5 Å². The largest absolute Gasteiger partial charge is 0.503 e. The lowest BCUT2D eigenvalue weighted by Crippen LogP contribution is -2.44. The standard InChI is InChI=1S/C18H21NO6/c1-3-24-17(22)13-14(18(23)25-4-2)19(16(21)15(13)20)11-10-12-8-6-5-7-9-12/h5-9,14,20H,3-4,10-11H2,1-2H3. The molecule has 0 bridgehead atoms. The summed E-state index contributed by atoms with van der Waals surface area (Å²) in [4.78, 5) is 37.9. The molecule has 0 aromatic heterocycles. The molecule has 1 heterocycles. The number of aliphatic hydroxyl groups excluding tert-OH is 1. The fourth-order valence-corrected chi connectivity index (χ4v) is 2.66. The summed E-state index contributed by atoms with van der Waals surface area (Å²) < 4.78 is 9.85. The van der Waals surface area contributed by atoms with Crippen molar-refractivity contribution < 1.29 is 29.0 Å². The Morgan fingerprint density at radius 2 is 1.76 bits per heavy atom. The van der Waals surface area contributed by atoms with Gasteiger partial charge in [0.25, 0.3) is 5.91 Å². The highest BCUT2D eigenvalue weighted by Gasteiger charge is 2.48. The Morgan fingerprint density at radius 3 is 2.36 bits per heavy atom. The Morgan fingerprint density at radius 1 is 1.12 bits per heavy atom. The molecule has 1 atom stereocenters. The van der Waals surface area contributed by atoms with Crippen LogP contribution in [0, 0.1) is 0 Å². The van der Waals surface area contributed by atoms with E-state index in [1.54, 1.807) is 13.8 Å². The van der Waals surface area contributed by atoms with Gasteiger partial charge in [-0.25, -0.2) is 9.59 Å². The maximum atomic E-state index is 12.4. The van der Waals surface area contributed by atoms with Crippen LogP contribution in [0.15, 0.2) is 41.7 Å². The quantitative estimate of drug-likeness (QED) is 0.749. The predicted molar refractivity (Wildman–Crippen MR) is 88.6 cm³/mol. The van der Waals surface area contributed by atoms with Crippen molar-refractivity contribution in [3.63, 3.8) is 0 Å². The van der Waals surface area contributed by atoms with Crippen molar-refractivity contribution in [3.05, 3.63) is 47.2 Å². The van der Waals surface area contributed by atoms with E-state index in [9.17, 15) is 19.5 Å². The van der Waals surface area contributed by atoms with Crippen LogP contribution in [0.25, 0.3) is 0 Å². The van der Waals surface area contributed by atoms with Gasteiger partial charge in [0, 0.05) is 6.54 Å². The molecular weight excluding hydrogens is 326 g/mol. The van der Waals surface area contributed by atoms with Gasteiger partial charge in [-0.1, -0.05) is 30.3 Å². The van der Waals surface area contributed by atoms with Crippen LogP contribution in [0.2, 0.25) is 0 Å². The van der Waals surface area contributed by atoms with Gasteiger partial charge in [-0.3, -0.25) is 4.79 Å². The van der Waals surface area contributed by atoms with Crippen LogP contribution < -0.4 is 0 Å². The lowest BCUT2D eigenvalue weighted by atomic mass is 10.1. The van der Waals surface area contributed by atoms with E-state index in [1.165, 1.54) is 0 Å². The number of hydrogen-bond acceptors (Lipinski definition) is 6. The van der Waals surface area contributed by atoms with E-state index < -0.39 is 29.6 Å². The Bertz CT molecular complexity index is 682. The summed E-state index contributed by atoms with van der Waals surface area (Å²) in [7, 11) is 0. The molecule has 0 fully saturated rings. The molecule has 1 aliphatic rings. The van der Waals surface area contributed by atoms with Crippen molar-refractivity contribution >= 4 is 17.8 Å². The van der Waals surface area contributed by atoms with E-state index >= 15 is 0 Å². The second-order valence-electron chi connectivity index (χ2n) is 5.37. The minimum atomic E-state index is -1.30. The fraction of sp³-hybridized carbons (Fsp3) is 0.389. The van der Waals surface area contributed by atoms with Crippen LogP contribution in [0.3, 0.4) is 0 Å². The third-order valence-electron chi connectivity index (χ3n) is 3.79. The SMILES string of the molecule is CCOC(=O)C1=C(O)C(=O)N(CCc2ccccc2)C1C(=O)OCC. The Balaban J connectivity index is 2.26. The van der Waals surface area contributed by atoms with Crippen LogP contribution in [0.1, 0.15) is 19.4 Å². The fourth-order valence-electron chi connectivity index (χ4n) is 2.66. The molecule has 1 aromatic rings. The monoisotopic (exact) mass is 347 g/mol. The summed E-state index contributed by atoms with van der Waals surface area (Å²) in [5, 5.41) is 10.1. The summed E-state index contributed by atoms with van der Waals surface area (Å²) in [5.41, 5.74) is 0.598. The summed E-state index contributed by atoms with van der Waals surface area (Å²) >= 11 is 0. The maximum absolute atomic E-state index is 12.4. The van der Waals surface area contributed by atoms with Gasteiger partial charge < -0.3 is 19.5 Å². The zero-order chi connectivity index (χ0) is 18.4. The second-order valence-corrected chi connectivity index (χ2v) is 5.37. The average Bonchev–Trinajstić information content (AvgIpc) is 2.86. The van der Waals surface area contributed by atoms with Crippen molar-refractivity contribution in [1.82, 2.24) is 4.90 Å². The van der Waals surface area contributed by atoms with Gasteiger partial charge in [-0.05, 0) is 25.8 Å². The van der Waals surface area contributed by atoms with E-state index in [-0.39, 0.29) is 25.3 Å². The minimum absolute atomic E-state index is 0.0589. The molecule has 2 rings (SSSR count). The first-order valence-corrected chi connectivity index (χ1v) is 8.13. The molecule has 1 N–H and O–H groups in total. The van der Waals surface area contributed by atoms with E-state index in [2.05, 4.69) is 0 Å². The number of hydrogen-bond donors (Lipinski definition) is 1. The molecule has 1 amide bonds. The molecule has 1 aliphatic heterocycles. The number of aliphatic hydroxyl groups is 1. The van der Waals surface area contributed by atoms with E-state index in [0.29, 0.717) is 6.42 Å². The van der Waals surface area contributed by atoms with Gasteiger partial charge in [-0.2, -0.15) is 0 Å². The van der Waals surface area contributed by atoms with Crippen LogP contribution in [-0.4, -0.2) is 53.7 Å². The van der Waals surface area contributed by atoms with Gasteiger partial charge >= 0.3 is 11.9 Å². The van der Waals surface area contributed by atoms with Crippen LogP contribution in [-0.2, 0) is 30.3 Å². The van der Waals surface area contributed by atoms with E-state index in [4.69, 9.17) is 9.47 Å². The third kappa shape index (κ3) is 3.99. The maximum Gasteiger partial charge on any atom is 0.340 e. The van der Waals surface area contributed by atoms with Crippen molar-refractivity contribution in [2.24, 2.45) is 0 Å². The summed E-state index contributed by atoms with van der Waals surface area (Å²) in [5.74, 6) is -3.20. The van der Waals surface area contributed by atoms with Gasteiger partial charge in [0.15, 0.2) is 11.8 Å². The normalized spacial score (nSPS) is 17.0. The topological polar surface area (TPSA) is 93.1 Å². The number of esters is 2. The van der Waals surface area contributed by atoms with Crippen molar-refractivity contribution in [2.75, 3.05) is 19.8 Å². The molecule has 0 saturated heterocycles. The molecule has 7 nitrogen and oxygen atoms in total. The minimum Gasteiger partial charge on any atom is -0.503 e. The summed E-state index contributed by atoms with van der Waals surface area (Å²) in [6, 6.07) is 8.08. The van der Waals surface area contributed by atoms with Gasteiger partial charge in [0.1, 0.15) is 5.57 Å². The molecule has 1 aromatic carbocycles. The highest BCUT2D eigenvalue weighted by atomic mass is 16.5. The molecule has 25 heavy (non-hydrogen) atoms. The molecule has 0 saturated carbocycles. The molecule has 0 radical (unpaired) electrons. The number of nitrogens with zero attached hydrogens (tertiary/aromatic N) is 1. The van der Waals surface area contributed by atoms with Crippen molar-refractivity contribution in [2.45, 2.75) is 26.3 Å². The van der Waals surface area contributed by atoms with Crippen LogP contribution >= 0.6 is 0 Å². The second kappa shape index (κ2) is 8.32. The molecular formula is C18H21NO6. The first kappa shape index (κ1) is 18.5. The van der Waals surface area contributed by atoms with Gasteiger partial charge in [0.05, 0.1) is 13.2 Å². The van der Waals surface area contributed by atoms with Crippen molar-refractivity contribution in [3.8, 4) is 0 Å².